The summed E-state index contributed by atoms with van der Waals surface area (Å²) in [5.74, 6) is 0.00955. The Kier molecular flexibility index (Phi) is 6.43. The molecule has 0 fully saturated rings. The van der Waals surface area contributed by atoms with Crippen LogP contribution in [0.4, 0.5) is 4.79 Å². The second kappa shape index (κ2) is 9.30. The van der Waals surface area contributed by atoms with Crippen molar-refractivity contribution in [3.63, 3.8) is 0 Å². The van der Waals surface area contributed by atoms with E-state index in [0.29, 0.717) is 28.9 Å². The second-order valence-corrected chi connectivity index (χ2v) is 9.86. The summed E-state index contributed by atoms with van der Waals surface area (Å²) in [7, 11) is 0. The quantitative estimate of drug-likeness (QED) is 0.296. The third-order valence-corrected chi connectivity index (χ3v) is 6.05. The normalized spacial score (nSPS) is 11.5. The lowest BCUT2D eigenvalue weighted by Crippen LogP contribution is -2.33. The van der Waals surface area contributed by atoms with Gasteiger partial charge in [-0.25, -0.2) is 4.79 Å². The van der Waals surface area contributed by atoms with Crippen LogP contribution in [-0.2, 0) is 16.0 Å². The number of alkyl carbamates (subject to hydrolysis) is 1. The highest BCUT2D eigenvalue weighted by Gasteiger charge is 2.18. The van der Waals surface area contributed by atoms with Gasteiger partial charge in [-0.2, -0.15) is 0 Å². The molecule has 0 saturated carbocycles. The van der Waals surface area contributed by atoms with Crippen molar-refractivity contribution in [3.8, 4) is 16.9 Å². The fraction of sp³-hybridized carbons (Fsp3) is 0.269. The highest BCUT2D eigenvalue weighted by Crippen LogP contribution is 2.40. The van der Waals surface area contributed by atoms with Gasteiger partial charge in [0, 0.05) is 35.3 Å². The molecule has 176 valence electrons. The molecule has 0 aliphatic rings. The SMILES string of the molecule is CC(=O)Oc1ccc2[nH]c(=O)c3sccc3c2c1-c1ccc(CCNC(=O)OC(C)(C)C)cc1. The van der Waals surface area contributed by atoms with E-state index < -0.39 is 17.7 Å². The smallest absolute Gasteiger partial charge is 0.407 e. The number of ether oxygens (including phenoxy) is 2. The molecular weight excluding hydrogens is 452 g/mol. The van der Waals surface area contributed by atoms with E-state index in [1.807, 2.05) is 56.5 Å². The Morgan fingerprint density at radius 2 is 1.79 bits per heavy atom. The van der Waals surface area contributed by atoms with Crippen molar-refractivity contribution in [2.45, 2.75) is 39.7 Å². The number of benzene rings is 2. The van der Waals surface area contributed by atoms with Gasteiger partial charge in [0.05, 0.1) is 0 Å². The number of hydrogen-bond donors (Lipinski definition) is 2. The number of aromatic amines is 1. The van der Waals surface area contributed by atoms with Crippen LogP contribution in [0.1, 0.15) is 33.3 Å². The maximum absolute atomic E-state index is 12.5. The minimum Gasteiger partial charge on any atom is -0.444 e. The van der Waals surface area contributed by atoms with Crippen molar-refractivity contribution < 1.29 is 19.1 Å². The highest BCUT2D eigenvalue weighted by atomic mass is 32.1. The molecule has 2 N–H and O–H groups in total. The summed E-state index contributed by atoms with van der Waals surface area (Å²) >= 11 is 1.37. The summed E-state index contributed by atoms with van der Waals surface area (Å²) < 4.78 is 11.4. The Morgan fingerprint density at radius 3 is 2.47 bits per heavy atom. The number of pyridine rings is 1. The summed E-state index contributed by atoms with van der Waals surface area (Å²) in [5.41, 5.74) is 2.62. The minimum atomic E-state index is -0.540. The van der Waals surface area contributed by atoms with E-state index in [1.165, 1.54) is 18.3 Å². The number of thiophene rings is 1. The lowest BCUT2D eigenvalue weighted by molar-refractivity contribution is -0.131. The predicted molar refractivity (Wildman–Crippen MR) is 135 cm³/mol. The summed E-state index contributed by atoms with van der Waals surface area (Å²) in [4.78, 5) is 39.0. The molecule has 0 spiro atoms. The molecular formula is C26H26N2O5S. The molecule has 0 unspecified atom stereocenters. The molecule has 4 rings (SSSR count). The lowest BCUT2D eigenvalue weighted by atomic mass is 9.96. The fourth-order valence-electron chi connectivity index (χ4n) is 3.82. The predicted octanol–water partition coefficient (Wildman–Crippen LogP) is 5.40. The largest absolute Gasteiger partial charge is 0.444 e. The molecule has 0 aliphatic carbocycles. The zero-order chi connectivity index (χ0) is 24.5. The van der Waals surface area contributed by atoms with Crippen LogP contribution in [0.3, 0.4) is 0 Å². The van der Waals surface area contributed by atoms with Gasteiger partial charge >= 0.3 is 12.1 Å². The molecule has 0 saturated heterocycles. The molecule has 2 aromatic heterocycles. The van der Waals surface area contributed by atoms with Gasteiger partial charge in [-0.3, -0.25) is 9.59 Å². The Morgan fingerprint density at radius 1 is 1.06 bits per heavy atom. The lowest BCUT2D eigenvalue weighted by Gasteiger charge is -2.19. The van der Waals surface area contributed by atoms with Gasteiger partial charge in [0.15, 0.2) is 0 Å². The average molecular weight is 479 g/mol. The molecule has 1 amide bonds. The van der Waals surface area contributed by atoms with Crippen molar-refractivity contribution in [2.75, 3.05) is 6.54 Å². The number of fused-ring (bicyclic) bond motifs is 3. The third kappa shape index (κ3) is 5.12. The number of amides is 1. The number of aromatic nitrogens is 1. The monoisotopic (exact) mass is 478 g/mol. The van der Waals surface area contributed by atoms with Crippen LogP contribution in [0.5, 0.6) is 5.75 Å². The van der Waals surface area contributed by atoms with E-state index in [2.05, 4.69) is 10.3 Å². The van der Waals surface area contributed by atoms with E-state index in [1.54, 1.807) is 12.1 Å². The first kappa shape index (κ1) is 23.5. The fourth-order valence-corrected chi connectivity index (χ4v) is 4.61. The highest BCUT2D eigenvalue weighted by molar-refractivity contribution is 7.17. The maximum Gasteiger partial charge on any atom is 0.407 e. The molecule has 2 aromatic carbocycles. The Hall–Kier alpha value is -3.65. The van der Waals surface area contributed by atoms with Crippen LogP contribution >= 0.6 is 11.3 Å². The van der Waals surface area contributed by atoms with Crippen molar-refractivity contribution in [1.82, 2.24) is 10.3 Å². The van der Waals surface area contributed by atoms with Crippen LogP contribution < -0.4 is 15.6 Å². The third-order valence-electron chi connectivity index (χ3n) is 5.13. The van der Waals surface area contributed by atoms with E-state index in [9.17, 15) is 14.4 Å². The van der Waals surface area contributed by atoms with Gasteiger partial charge in [0.25, 0.3) is 5.56 Å². The summed E-state index contributed by atoms with van der Waals surface area (Å²) in [6, 6.07) is 13.2. The molecule has 7 nitrogen and oxygen atoms in total. The van der Waals surface area contributed by atoms with Crippen LogP contribution in [0.15, 0.2) is 52.6 Å². The number of nitrogens with one attached hydrogen (secondary N) is 2. The van der Waals surface area contributed by atoms with E-state index in [-0.39, 0.29) is 5.56 Å². The Balaban J connectivity index is 1.67. The van der Waals surface area contributed by atoms with Crippen molar-refractivity contribution >= 4 is 44.4 Å². The molecule has 2 heterocycles. The van der Waals surface area contributed by atoms with Crippen molar-refractivity contribution in [2.24, 2.45) is 0 Å². The topological polar surface area (TPSA) is 97.5 Å². The number of esters is 1. The van der Waals surface area contributed by atoms with Crippen LogP contribution in [-0.4, -0.2) is 29.2 Å². The molecule has 8 heteroatoms. The Labute approximate surface area is 200 Å². The first-order valence-electron chi connectivity index (χ1n) is 10.9. The first-order valence-corrected chi connectivity index (χ1v) is 11.8. The molecule has 0 radical (unpaired) electrons. The number of carbonyl (C=O) groups is 2. The summed E-state index contributed by atoms with van der Waals surface area (Å²) in [6.07, 6.45) is 0.188. The van der Waals surface area contributed by atoms with Crippen molar-refractivity contribution in [3.05, 3.63) is 63.8 Å². The van der Waals surface area contributed by atoms with Gasteiger partial charge < -0.3 is 19.8 Å². The van der Waals surface area contributed by atoms with Crippen LogP contribution in [0.25, 0.3) is 32.1 Å². The van der Waals surface area contributed by atoms with Gasteiger partial charge in [0.1, 0.15) is 16.1 Å². The first-order chi connectivity index (χ1) is 16.1. The Bertz CT molecular complexity index is 1430. The van der Waals surface area contributed by atoms with Crippen LogP contribution in [0.2, 0.25) is 0 Å². The number of hydrogen-bond acceptors (Lipinski definition) is 6. The standard InChI is InChI=1S/C26H26N2O5S/c1-15(29)32-20-10-9-19-22(18-12-14-34-23(18)24(30)28-19)21(20)17-7-5-16(6-8-17)11-13-27-25(31)33-26(2,3)4/h5-10,12,14H,11,13H2,1-4H3,(H,27,31)(H,28,30). The minimum absolute atomic E-state index is 0.142. The number of carbonyl (C=O) groups excluding carboxylic acids is 2. The van der Waals surface area contributed by atoms with Crippen molar-refractivity contribution in [1.29, 1.82) is 0 Å². The zero-order valence-electron chi connectivity index (χ0n) is 19.5. The molecule has 0 aliphatic heterocycles. The molecule has 0 atom stereocenters. The van der Waals surface area contributed by atoms with Gasteiger partial charge in [0.2, 0.25) is 0 Å². The number of rotatable bonds is 5. The average Bonchev–Trinajstić information content (AvgIpc) is 3.24. The second-order valence-electron chi connectivity index (χ2n) is 8.95. The van der Waals surface area contributed by atoms with E-state index in [0.717, 1.165) is 27.5 Å². The van der Waals surface area contributed by atoms with Gasteiger partial charge in [-0.05, 0) is 61.9 Å². The molecule has 0 bridgehead atoms. The summed E-state index contributed by atoms with van der Waals surface area (Å²) in [6.45, 7) is 7.27. The zero-order valence-corrected chi connectivity index (χ0v) is 20.3. The van der Waals surface area contributed by atoms with Crippen LogP contribution in [0, 0.1) is 0 Å². The molecule has 34 heavy (non-hydrogen) atoms. The van der Waals surface area contributed by atoms with Gasteiger partial charge in [-0.1, -0.05) is 24.3 Å². The maximum atomic E-state index is 12.5. The molecule has 4 aromatic rings. The summed E-state index contributed by atoms with van der Waals surface area (Å²) in [5, 5.41) is 6.28. The number of H-pyrrole nitrogens is 1. The van der Waals surface area contributed by atoms with Gasteiger partial charge in [-0.15, -0.1) is 11.3 Å². The van der Waals surface area contributed by atoms with E-state index >= 15 is 0 Å². The van der Waals surface area contributed by atoms with E-state index in [4.69, 9.17) is 9.47 Å².